The number of rotatable bonds is 7. The molecule has 1 N–H and O–H groups in total. The fourth-order valence-corrected chi connectivity index (χ4v) is 2.70. The van der Waals surface area contributed by atoms with Gasteiger partial charge in [-0.3, -0.25) is 9.59 Å². The Kier molecular flexibility index (Phi) is 7.04. The minimum atomic E-state index is -1.00. The van der Waals surface area contributed by atoms with Gasteiger partial charge >= 0.3 is 5.97 Å². The van der Waals surface area contributed by atoms with Crippen LogP contribution >= 0.6 is 0 Å². The van der Waals surface area contributed by atoms with E-state index in [0.29, 0.717) is 5.56 Å². The standard InChI is InChI=1S/C22H24FNO4/c1-13(2)20(24-21(26)16-7-5-6-8-18(16)23)22(27)28-12-19(25)17-11-14(3)9-10-15(17)4/h5-11,13,20H,12H2,1-4H3,(H,24,26). The second-order valence-electron chi connectivity index (χ2n) is 7.02. The number of ether oxygens (including phenoxy) is 1. The van der Waals surface area contributed by atoms with Gasteiger partial charge in [0.2, 0.25) is 5.78 Å². The van der Waals surface area contributed by atoms with Gasteiger partial charge in [-0.25, -0.2) is 9.18 Å². The number of carbonyl (C=O) groups is 3. The first-order valence-electron chi connectivity index (χ1n) is 9.03. The zero-order valence-electron chi connectivity index (χ0n) is 16.4. The molecule has 28 heavy (non-hydrogen) atoms. The van der Waals surface area contributed by atoms with Crippen molar-refractivity contribution < 1.29 is 23.5 Å². The Morgan fingerprint density at radius 3 is 2.36 bits per heavy atom. The summed E-state index contributed by atoms with van der Waals surface area (Å²) in [5.74, 6) is -2.76. The van der Waals surface area contributed by atoms with E-state index in [4.69, 9.17) is 4.74 Å². The Hall–Kier alpha value is -3.02. The average molecular weight is 385 g/mol. The molecule has 2 rings (SSSR count). The van der Waals surface area contributed by atoms with Crippen molar-refractivity contribution in [1.82, 2.24) is 5.32 Å². The first-order chi connectivity index (χ1) is 13.2. The SMILES string of the molecule is Cc1ccc(C)c(C(=O)COC(=O)C(NC(=O)c2ccccc2F)C(C)C)c1. The monoisotopic (exact) mass is 385 g/mol. The Balaban J connectivity index is 2.05. The highest BCUT2D eigenvalue weighted by Crippen LogP contribution is 2.13. The second kappa shape index (κ2) is 9.26. The van der Waals surface area contributed by atoms with Crippen molar-refractivity contribution in [2.45, 2.75) is 33.7 Å². The normalized spacial score (nSPS) is 11.8. The third-order valence-corrected chi connectivity index (χ3v) is 4.36. The Morgan fingerprint density at radius 2 is 1.71 bits per heavy atom. The van der Waals surface area contributed by atoms with Crippen LogP contribution in [0.1, 0.15) is 45.7 Å². The molecule has 0 heterocycles. The molecule has 2 aromatic rings. The summed E-state index contributed by atoms with van der Waals surface area (Å²) in [4.78, 5) is 37.1. The van der Waals surface area contributed by atoms with Gasteiger partial charge < -0.3 is 10.1 Å². The zero-order chi connectivity index (χ0) is 20.8. The molecule has 6 heteroatoms. The van der Waals surface area contributed by atoms with E-state index in [-0.39, 0.29) is 17.3 Å². The maximum absolute atomic E-state index is 13.8. The molecule has 0 radical (unpaired) electrons. The smallest absolute Gasteiger partial charge is 0.329 e. The van der Waals surface area contributed by atoms with Crippen molar-refractivity contribution in [2.24, 2.45) is 5.92 Å². The van der Waals surface area contributed by atoms with E-state index in [1.807, 2.05) is 19.1 Å². The van der Waals surface area contributed by atoms with Gasteiger partial charge in [0.05, 0.1) is 5.56 Å². The minimum absolute atomic E-state index is 0.160. The zero-order valence-corrected chi connectivity index (χ0v) is 16.4. The van der Waals surface area contributed by atoms with E-state index in [1.54, 1.807) is 26.8 Å². The van der Waals surface area contributed by atoms with Crippen LogP contribution in [0, 0.1) is 25.6 Å². The highest BCUT2D eigenvalue weighted by atomic mass is 19.1. The maximum Gasteiger partial charge on any atom is 0.329 e. The number of carbonyl (C=O) groups excluding carboxylic acids is 3. The summed E-state index contributed by atoms with van der Waals surface area (Å²) in [6.45, 7) is 6.69. The molecule has 148 valence electrons. The largest absolute Gasteiger partial charge is 0.456 e. The summed E-state index contributed by atoms with van der Waals surface area (Å²) < 4.78 is 18.9. The van der Waals surface area contributed by atoms with Gasteiger partial charge in [-0.2, -0.15) is 0 Å². The van der Waals surface area contributed by atoms with Crippen LogP contribution in [0.3, 0.4) is 0 Å². The lowest BCUT2D eigenvalue weighted by Crippen LogP contribution is -2.46. The summed E-state index contributed by atoms with van der Waals surface area (Å²) in [7, 11) is 0. The van der Waals surface area contributed by atoms with E-state index in [9.17, 15) is 18.8 Å². The average Bonchev–Trinajstić information content (AvgIpc) is 2.65. The van der Waals surface area contributed by atoms with Crippen molar-refractivity contribution in [1.29, 1.82) is 0 Å². The lowest BCUT2D eigenvalue weighted by molar-refractivity contribution is -0.145. The van der Waals surface area contributed by atoms with Crippen molar-refractivity contribution >= 4 is 17.7 Å². The van der Waals surface area contributed by atoms with Gasteiger partial charge in [0, 0.05) is 5.56 Å². The quantitative estimate of drug-likeness (QED) is 0.584. The van der Waals surface area contributed by atoms with Crippen molar-refractivity contribution in [3.63, 3.8) is 0 Å². The highest BCUT2D eigenvalue weighted by Gasteiger charge is 2.27. The van der Waals surface area contributed by atoms with Gasteiger partial charge in [0.15, 0.2) is 6.61 Å². The molecule has 0 bridgehead atoms. The molecule has 0 spiro atoms. The molecule has 0 fully saturated rings. The molecular weight excluding hydrogens is 361 g/mol. The molecule has 0 aliphatic carbocycles. The number of hydrogen-bond donors (Lipinski definition) is 1. The fourth-order valence-electron chi connectivity index (χ4n) is 2.70. The molecule has 0 saturated carbocycles. The second-order valence-corrected chi connectivity index (χ2v) is 7.02. The summed E-state index contributed by atoms with van der Waals surface area (Å²) >= 11 is 0. The molecule has 0 aliphatic rings. The van der Waals surface area contributed by atoms with Crippen molar-refractivity contribution in [3.05, 3.63) is 70.5 Å². The van der Waals surface area contributed by atoms with E-state index in [0.717, 1.165) is 11.1 Å². The van der Waals surface area contributed by atoms with Crippen LogP contribution in [0.5, 0.6) is 0 Å². The molecule has 1 amide bonds. The minimum Gasteiger partial charge on any atom is -0.456 e. The third-order valence-electron chi connectivity index (χ3n) is 4.36. The van der Waals surface area contributed by atoms with Crippen LogP contribution in [0.25, 0.3) is 0 Å². The Morgan fingerprint density at radius 1 is 1.04 bits per heavy atom. The van der Waals surface area contributed by atoms with Gasteiger partial charge in [-0.1, -0.05) is 43.7 Å². The van der Waals surface area contributed by atoms with E-state index >= 15 is 0 Å². The molecule has 0 aliphatic heterocycles. The summed E-state index contributed by atoms with van der Waals surface area (Å²) in [6, 6.07) is 9.96. The van der Waals surface area contributed by atoms with Gasteiger partial charge in [-0.05, 0) is 43.5 Å². The molecule has 1 unspecified atom stereocenters. The Labute approximate surface area is 163 Å². The van der Waals surface area contributed by atoms with E-state index in [1.165, 1.54) is 24.3 Å². The highest BCUT2D eigenvalue weighted by molar-refractivity contribution is 6.00. The van der Waals surface area contributed by atoms with Crippen LogP contribution in [0.15, 0.2) is 42.5 Å². The van der Waals surface area contributed by atoms with Crippen LogP contribution in [0.4, 0.5) is 4.39 Å². The molecule has 0 aromatic heterocycles. The maximum atomic E-state index is 13.8. The Bertz CT molecular complexity index is 892. The first-order valence-corrected chi connectivity index (χ1v) is 9.03. The molecule has 2 aromatic carbocycles. The predicted molar refractivity (Wildman–Crippen MR) is 104 cm³/mol. The lowest BCUT2D eigenvalue weighted by atomic mass is 10.0. The summed E-state index contributed by atoms with van der Waals surface area (Å²) in [6.07, 6.45) is 0. The first kappa shape index (κ1) is 21.3. The van der Waals surface area contributed by atoms with Crippen LogP contribution in [-0.2, 0) is 9.53 Å². The topological polar surface area (TPSA) is 72.5 Å². The van der Waals surface area contributed by atoms with E-state index in [2.05, 4.69) is 5.32 Å². The molecular formula is C22H24FNO4. The lowest BCUT2D eigenvalue weighted by Gasteiger charge is -2.21. The number of Topliss-reactive ketones (excluding diaryl/α,β-unsaturated/α-hetero) is 1. The van der Waals surface area contributed by atoms with Crippen LogP contribution < -0.4 is 5.32 Å². The van der Waals surface area contributed by atoms with Crippen LogP contribution in [0.2, 0.25) is 0 Å². The molecule has 1 atom stereocenters. The summed E-state index contributed by atoms with van der Waals surface area (Å²) in [5, 5.41) is 2.49. The number of amides is 1. The number of aryl methyl sites for hydroxylation is 2. The number of esters is 1. The van der Waals surface area contributed by atoms with Crippen molar-refractivity contribution in [3.8, 4) is 0 Å². The number of hydrogen-bond acceptors (Lipinski definition) is 4. The number of ketones is 1. The molecule has 5 nitrogen and oxygen atoms in total. The fraction of sp³-hybridized carbons (Fsp3) is 0.318. The van der Waals surface area contributed by atoms with Crippen molar-refractivity contribution in [2.75, 3.05) is 6.61 Å². The number of benzene rings is 2. The van der Waals surface area contributed by atoms with E-state index < -0.39 is 30.3 Å². The summed E-state index contributed by atoms with van der Waals surface area (Å²) in [5.41, 5.74) is 2.05. The third kappa shape index (κ3) is 5.25. The molecule has 0 saturated heterocycles. The van der Waals surface area contributed by atoms with Crippen LogP contribution in [-0.4, -0.2) is 30.3 Å². The van der Waals surface area contributed by atoms with Gasteiger partial charge in [0.1, 0.15) is 11.9 Å². The van der Waals surface area contributed by atoms with Gasteiger partial charge in [0.25, 0.3) is 5.91 Å². The predicted octanol–water partition coefficient (Wildman–Crippen LogP) is 3.62. The van der Waals surface area contributed by atoms with Gasteiger partial charge in [-0.15, -0.1) is 0 Å². The number of halogens is 1. The number of nitrogens with one attached hydrogen (secondary N) is 1.